The molecule has 2 heterocycles. The fraction of sp³-hybridized carbons (Fsp3) is 0.667. The molecular formula is C12H20N4O5. The van der Waals surface area contributed by atoms with Crippen molar-refractivity contribution in [2.24, 2.45) is 5.92 Å². The smallest absolute Gasteiger partial charge is 0.290 e. The highest BCUT2D eigenvalue weighted by Crippen LogP contribution is 2.16. The van der Waals surface area contributed by atoms with Gasteiger partial charge >= 0.3 is 0 Å². The van der Waals surface area contributed by atoms with Crippen LogP contribution in [-0.2, 0) is 16.1 Å². The Morgan fingerprint density at radius 3 is 2.81 bits per heavy atom. The Labute approximate surface area is 122 Å². The Morgan fingerprint density at radius 1 is 1.57 bits per heavy atom. The van der Waals surface area contributed by atoms with Crippen LogP contribution >= 0.6 is 0 Å². The number of amides is 1. The van der Waals surface area contributed by atoms with Crippen molar-refractivity contribution in [2.75, 3.05) is 20.1 Å². The first-order valence-corrected chi connectivity index (χ1v) is 6.49. The number of aliphatic hydroxyl groups is 1. The molecule has 1 aliphatic rings. The van der Waals surface area contributed by atoms with Crippen molar-refractivity contribution in [3.63, 3.8) is 0 Å². The van der Waals surface area contributed by atoms with E-state index in [-0.39, 0.29) is 18.9 Å². The molecule has 118 valence electrons. The van der Waals surface area contributed by atoms with E-state index in [0.29, 0.717) is 24.7 Å². The molecule has 0 aromatic carbocycles. The minimum atomic E-state index is -0.578. The molecule has 1 aliphatic heterocycles. The van der Waals surface area contributed by atoms with Crippen LogP contribution in [0, 0.1) is 12.8 Å². The van der Waals surface area contributed by atoms with Crippen LogP contribution in [0.15, 0.2) is 4.42 Å². The predicted molar refractivity (Wildman–Crippen MR) is 71.2 cm³/mol. The molecule has 0 saturated carbocycles. The third-order valence-electron chi connectivity index (χ3n) is 3.10. The summed E-state index contributed by atoms with van der Waals surface area (Å²) in [6, 6.07) is 0. The van der Waals surface area contributed by atoms with Crippen molar-refractivity contribution in [3.8, 4) is 0 Å². The van der Waals surface area contributed by atoms with E-state index in [1.54, 1.807) is 6.92 Å². The van der Waals surface area contributed by atoms with Gasteiger partial charge in [-0.1, -0.05) is 0 Å². The van der Waals surface area contributed by atoms with Gasteiger partial charge in [0.1, 0.15) is 0 Å². The molecule has 0 radical (unpaired) electrons. The Bertz CT molecular complexity index is 464. The summed E-state index contributed by atoms with van der Waals surface area (Å²) in [4.78, 5) is 22.3. The van der Waals surface area contributed by atoms with Gasteiger partial charge in [-0.05, 0) is 13.5 Å². The molecule has 1 aromatic rings. The summed E-state index contributed by atoms with van der Waals surface area (Å²) in [5.41, 5.74) is 0. The van der Waals surface area contributed by atoms with E-state index < -0.39 is 12.0 Å². The molecule has 3 N–H and O–H groups in total. The van der Waals surface area contributed by atoms with Crippen molar-refractivity contribution in [3.05, 3.63) is 11.8 Å². The van der Waals surface area contributed by atoms with Crippen LogP contribution in [0.5, 0.6) is 0 Å². The Balaban J connectivity index is 0.000000677. The molecule has 0 unspecified atom stereocenters. The number of piperidine rings is 1. The predicted octanol–water partition coefficient (Wildman–Crippen LogP) is -0.992. The van der Waals surface area contributed by atoms with E-state index in [0.717, 1.165) is 6.54 Å². The minimum Gasteiger partial charge on any atom is -0.483 e. The summed E-state index contributed by atoms with van der Waals surface area (Å²) in [6.07, 6.45) is 0.0412. The number of aliphatic hydroxyl groups excluding tert-OH is 1. The first-order valence-electron chi connectivity index (χ1n) is 6.49. The maximum absolute atomic E-state index is 11.9. The van der Waals surface area contributed by atoms with Gasteiger partial charge in [-0.15, -0.1) is 10.2 Å². The first kappa shape index (κ1) is 17.1. The maximum Gasteiger partial charge on any atom is 0.290 e. The molecule has 1 saturated heterocycles. The molecule has 2 atom stereocenters. The lowest BCUT2D eigenvalue weighted by atomic mass is 9.94. The molecule has 2 rings (SSSR count). The standard InChI is InChI=1S/C11H18N4O3.CH2O2/c1-7-13-14-10(18-7)5-12-11(17)8-6-15(2)4-3-9(8)16;2-1-3/h8-9,16H,3-6H2,1-2H3,(H,12,17);1H,(H,2,3)/t8-,9+;/m1./s1. The van der Waals surface area contributed by atoms with Crippen molar-refractivity contribution in [1.29, 1.82) is 0 Å². The number of hydrogen-bond donors (Lipinski definition) is 3. The lowest BCUT2D eigenvalue weighted by Crippen LogP contribution is -2.48. The van der Waals surface area contributed by atoms with Gasteiger partial charge in [0.05, 0.1) is 18.6 Å². The third kappa shape index (κ3) is 5.48. The highest BCUT2D eigenvalue weighted by Gasteiger charge is 2.31. The molecule has 0 spiro atoms. The van der Waals surface area contributed by atoms with E-state index in [4.69, 9.17) is 14.3 Å². The molecule has 1 aromatic heterocycles. The number of hydrogen-bond acceptors (Lipinski definition) is 7. The summed E-state index contributed by atoms with van der Waals surface area (Å²) in [7, 11) is 1.94. The first-order chi connectivity index (χ1) is 9.97. The number of carboxylic acid groups (broad SMARTS) is 1. The lowest BCUT2D eigenvalue weighted by molar-refractivity contribution is -0.131. The molecule has 1 fully saturated rings. The summed E-state index contributed by atoms with van der Waals surface area (Å²) in [6.45, 7) is 3.02. The van der Waals surface area contributed by atoms with Crippen LogP contribution in [0.3, 0.4) is 0 Å². The van der Waals surface area contributed by atoms with Gasteiger partial charge in [0, 0.05) is 20.0 Å². The normalized spacial score (nSPS) is 22.0. The van der Waals surface area contributed by atoms with Crippen molar-refractivity contribution in [1.82, 2.24) is 20.4 Å². The average Bonchev–Trinajstić information content (AvgIpc) is 2.85. The molecule has 9 heteroatoms. The molecule has 1 amide bonds. The number of nitrogens with zero attached hydrogens (tertiary/aromatic N) is 3. The van der Waals surface area contributed by atoms with Gasteiger partial charge in [-0.25, -0.2) is 0 Å². The number of carbonyl (C=O) groups excluding carboxylic acids is 1. The second-order valence-corrected chi connectivity index (χ2v) is 4.76. The summed E-state index contributed by atoms with van der Waals surface area (Å²) >= 11 is 0. The number of nitrogens with one attached hydrogen (secondary N) is 1. The van der Waals surface area contributed by atoms with Gasteiger partial charge in [0.15, 0.2) is 0 Å². The number of likely N-dealkylation sites (tertiary alicyclic amines) is 1. The minimum absolute atomic E-state index is 0.176. The molecular weight excluding hydrogens is 280 g/mol. The van der Waals surface area contributed by atoms with Gasteiger partial charge in [0.25, 0.3) is 6.47 Å². The molecule has 9 nitrogen and oxygen atoms in total. The van der Waals surface area contributed by atoms with Crippen LogP contribution in [0.4, 0.5) is 0 Å². The Hall–Kier alpha value is -2.00. The topological polar surface area (TPSA) is 129 Å². The SMILES string of the molecule is Cc1nnc(CNC(=O)[C@@H]2CN(C)CC[C@@H]2O)o1.O=CO. The quantitative estimate of drug-likeness (QED) is 0.607. The second-order valence-electron chi connectivity index (χ2n) is 4.76. The van der Waals surface area contributed by atoms with Gasteiger partial charge in [-0.3, -0.25) is 9.59 Å². The van der Waals surface area contributed by atoms with E-state index >= 15 is 0 Å². The third-order valence-corrected chi connectivity index (χ3v) is 3.10. The van der Waals surface area contributed by atoms with Crippen molar-refractivity contribution < 1.29 is 24.2 Å². The number of aromatic nitrogens is 2. The number of carbonyl (C=O) groups is 2. The highest BCUT2D eigenvalue weighted by atomic mass is 16.4. The van der Waals surface area contributed by atoms with Crippen LogP contribution in [-0.4, -0.2) is 63.9 Å². The zero-order valence-corrected chi connectivity index (χ0v) is 12.0. The van der Waals surface area contributed by atoms with Gasteiger partial charge in [-0.2, -0.15) is 0 Å². The Morgan fingerprint density at radius 2 is 2.24 bits per heavy atom. The monoisotopic (exact) mass is 300 g/mol. The fourth-order valence-corrected chi connectivity index (χ4v) is 2.06. The zero-order valence-electron chi connectivity index (χ0n) is 12.0. The average molecular weight is 300 g/mol. The maximum atomic E-state index is 11.9. The fourth-order valence-electron chi connectivity index (χ4n) is 2.06. The lowest BCUT2D eigenvalue weighted by Gasteiger charge is -2.32. The van der Waals surface area contributed by atoms with Crippen LogP contribution < -0.4 is 5.32 Å². The summed E-state index contributed by atoms with van der Waals surface area (Å²) in [5.74, 6) is 0.272. The summed E-state index contributed by atoms with van der Waals surface area (Å²) < 4.78 is 5.16. The second kappa shape index (κ2) is 8.32. The number of aryl methyl sites for hydroxylation is 1. The van der Waals surface area contributed by atoms with Gasteiger partial charge < -0.3 is 24.8 Å². The largest absolute Gasteiger partial charge is 0.483 e. The van der Waals surface area contributed by atoms with Crippen molar-refractivity contribution >= 4 is 12.4 Å². The summed E-state index contributed by atoms with van der Waals surface area (Å²) in [5, 5.41) is 26.9. The molecule has 0 bridgehead atoms. The number of rotatable bonds is 3. The molecule has 0 aliphatic carbocycles. The van der Waals surface area contributed by atoms with Gasteiger partial charge in [0.2, 0.25) is 17.7 Å². The van der Waals surface area contributed by atoms with Crippen molar-refractivity contribution in [2.45, 2.75) is 26.0 Å². The van der Waals surface area contributed by atoms with Crippen LogP contribution in [0.1, 0.15) is 18.2 Å². The van der Waals surface area contributed by atoms with E-state index in [1.165, 1.54) is 0 Å². The van der Waals surface area contributed by atoms with Crippen LogP contribution in [0.2, 0.25) is 0 Å². The zero-order chi connectivity index (χ0) is 15.8. The van der Waals surface area contributed by atoms with E-state index in [2.05, 4.69) is 15.5 Å². The van der Waals surface area contributed by atoms with E-state index in [9.17, 15) is 9.90 Å². The van der Waals surface area contributed by atoms with Crippen LogP contribution in [0.25, 0.3) is 0 Å². The van der Waals surface area contributed by atoms with E-state index in [1.807, 2.05) is 11.9 Å². The molecule has 21 heavy (non-hydrogen) atoms. The highest BCUT2D eigenvalue weighted by molar-refractivity contribution is 5.79. The Kier molecular flexibility index (Phi) is 6.76.